The van der Waals surface area contributed by atoms with E-state index in [1.54, 1.807) is 17.0 Å². The van der Waals surface area contributed by atoms with Gasteiger partial charge in [-0.25, -0.2) is 0 Å². The quantitative estimate of drug-likeness (QED) is 0.842. The molecule has 1 fully saturated rings. The Hall–Kier alpha value is -2.04. The predicted molar refractivity (Wildman–Crippen MR) is 86.0 cm³/mol. The zero-order valence-corrected chi connectivity index (χ0v) is 13.3. The Bertz CT molecular complexity index is 513. The van der Waals surface area contributed by atoms with E-state index >= 15 is 0 Å². The summed E-state index contributed by atoms with van der Waals surface area (Å²) in [7, 11) is 0. The number of carbonyl (C=O) groups excluding carboxylic acids is 2. The van der Waals surface area contributed by atoms with E-state index < -0.39 is 0 Å². The molecule has 2 rings (SSSR count). The lowest BCUT2D eigenvalue weighted by Gasteiger charge is -2.16. The SMILES string of the molecule is CCC[C@H](C)NC(=O)COc1ccc(N2CCCC2=O)cc1. The molecule has 0 aliphatic carbocycles. The molecule has 0 radical (unpaired) electrons. The highest BCUT2D eigenvalue weighted by Gasteiger charge is 2.21. The predicted octanol–water partition coefficient (Wildman–Crippen LogP) is 2.50. The fraction of sp³-hybridized carbons (Fsp3) is 0.529. The van der Waals surface area contributed by atoms with Gasteiger partial charge in [0, 0.05) is 24.7 Å². The van der Waals surface area contributed by atoms with Crippen LogP contribution in [0.2, 0.25) is 0 Å². The zero-order chi connectivity index (χ0) is 15.9. The Balaban J connectivity index is 1.81. The number of benzene rings is 1. The third-order valence-corrected chi connectivity index (χ3v) is 3.72. The molecule has 2 amide bonds. The molecule has 1 aliphatic rings. The first kappa shape index (κ1) is 16.3. The number of hydrogen-bond donors (Lipinski definition) is 1. The summed E-state index contributed by atoms with van der Waals surface area (Å²) in [4.78, 5) is 25.2. The van der Waals surface area contributed by atoms with Gasteiger partial charge in [-0.15, -0.1) is 0 Å². The van der Waals surface area contributed by atoms with Gasteiger partial charge in [-0.05, 0) is 44.0 Å². The Morgan fingerprint density at radius 3 is 2.68 bits per heavy atom. The average molecular weight is 304 g/mol. The van der Waals surface area contributed by atoms with Crippen LogP contribution in [0.4, 0.5) is 5.69 Å². The molecule has 1 atom stereocenters. The van der Waals surface area contributed by atoms with E-state index in [1.165, 1.54) is 0 Å². The molecule has 0 unspecified atom stereocenters. The second kappa shape index (κ2) is 7.82. The number of anilines is 1. The minimum atomic E-state index is -0.111. The number of nitrogens with one attached hydrogen (secondary N) is 1. The van der Waals surface area contributed by atoms with Crippen LogP contribution in [-0.4, -0.2) is 31.0 Å². The van der Waals surface area contributed by atoms with Crippen molar-refractivity contribution < 1.29 is 14.3 Å². The van der Waals surface area contributed by atoms with Gasteiger partial charge < -0.3 is 15.0 Å². The van der Waals surface area contributed by atoms with Crippen molar-refractivity contribution >= 4 is 17.5 Å². The van der Waals surface area contributed by atoms with Gasteiger partial charge in [0.1, 0.15) is 5.75 Å². The minimum absolute atomic E-state index is 0.00997. The topological polar surface area (TPSA) is 58.6 Å². The molecule has 5 nitrogen and oxygen atoms in total. The first-order chi connectivity index (χ1) is 10.6. The summed E-state index contributed by atoms with van der Waals surface area (Å²) in [5.41, 5.74) is 0.885. The van der Waals surface area contributed by atoms with Gasteiger partial charge in [0.2, 0.25) is 5.91 Å². The Morgan fingerprint density at radius 2 is 2.09 bits per heavy atom. The number of rotatable bonds is 7. The standard InChI is InChI=1S/C17H24N2O3/c1-3-5-13(2)18-16(20)12-22-15-9-7-14(8-10-15)19-11-4-6-17(19)21/h7-10,13H,3-6,11-12H2,1-2H3,(H,18,20)/t13-/m0/s1. The lowest BCUT2D eigenvalue weighted by atomic mass is 10.2. The summed E-state index contributed by atoms with van der Waals surface area (Å²) in [5.74, 6) is 0.686. The van der Waals surface area contributed by atoms with E-state index in [2.05, 4.69) is 12.2 Å². The lowest BCUT2D eigenvalue weighted by molar-refractivity contribution is -0.123. The number of amides is 2. The molecule has 0 bridgehead atoms. The van der Waals surface area contributed by atoms with Crippen LogP contribution in [0.3, 0.4) is 0 Å². The molecule has 5 heteroatoms. The van der Waals surface area contributed by atoms with Crippen LogP contribution in [0.15, 0.2) is 24.3 Å². The van der Waals surface area contributed by atoms with Crippen molar-refractivity contribution in [3.05, 3.63) is 24.3 Å². The molecule has 1 N–H and O–H groups in total. The smallest absolute Gasteiger partial charge is 0.258 e. The molecule has 1 aromatic carbocycles. The Labute approximate surface area is 131 Å². The number of ether oxygens (including phenoxy) is 1. The minimum Gasteiger partial charge on any atom is -0.484 e. The Kier molecular flexibility index (Phi) is 5.81. The van der Waals surface area contributed by atoms with Crippen LogP contribution in [0.25, 0.3) is 0 Å². The van der Waals surface area contributed by atoms with Gasteiger partial charge in [-0.2, -0.15) is 0 Å². The second-order valence-electron chi connectivity index (χ2n) is 5.69. The highest BCUT2D eigenvalue weighted by molar-refractivity contribution is 5.95. The maximum absolute atomic E-state index is 11.7. The van der Waals surface area contributed by atoms with Crippen molar-refractivity contribution in [2.24, 2.45) is 0 Å². The first-order valence-corrected chi connectivity index (χ1v) is 7.92. The molecule has 22 heavy (non-hydrogen) atoms. The lowest BCUT2D eigenvalue weighted by Crippen LogP contribution is -2.35. The van der Waals surface area contributed by atoms with Crippen LogP contribution < -0.4 is 15.0 Å². The molecule has 0 spiro atoms. The third-order valence-electron chi connectivity index (χ3n) is 3.72. The number of carbonyl (C=O) groups is 2. The molecule has 120 valence electrons. The van der Waals surface area contributed by atoms with Gasteiger partial charge in [-0.3, -0.25) is 9.59 Å². The van der Waals surface area contributed by atoms with Gasteiger partial charge in [0.05, 0.1) is 0 Å². The molecule has 0 aromatic heterocycles. The number of nitrogens with zero attached hydrogens (tertiary/aromatic N) is 1. The summed E-state index contributed by atoms with van der Waals surface area (Å²) < 4.78 is 5.48. The molecular formula is C17H24N2O3. The van der Waals surface area contributed by atoms with Crippen LogP contribution in [0, 0.1) is 0 Å². The molecular weight excluding hydrogens is 280 g/mol. The Morgan fingerprint density at radius 1 is 1.36 bits per heavy atom. The van der Waals surface area contributed by atoms with E-state index in [0.717, 1.165) is 31.5 Å². The van der Waals surface area contributed by atoms with Crippen molar-refractivity contribution in [2.75, 3.05) is 18.1 Å². The summed E-state index contributed by atoms with van der Waals surface area (Å²) in [6.07, 6.45) is 3.53. The zero-order valence-electron chi connectivity index (χ0n) is 13.3. The molecule has 1 aromatic rings. The van der Waals surface area contributed by atoms with Crippen LogP contribution >= 0.6 is 0 Å². The largest absolute Gasteiger partial charge is 0.484 e. The van der Waals surface area contributed by atoms with E-state index in [1.807, 2.05) is 19.1 Å². The van der Waals surface area contributed by atoms with E-state index in [9.17, 15) is 9.59 Å². The normalized spacial score (nSPS) is 15.7. The van der Waals surface area contributed by atoms with E-state index in [4.69, 9.17) is 4.74 Å². The fourth-order valence-corrected chi connectivity index (χ4v) is 2.61. The van der Waals surface area contributed by atoms with Crippen LogP contribution in [-0.2, 0) is 9.59 Å². The summed E-state index contributed by atoms with van der Waals surface area (Å²) in [6.45, 7) is 4.86. The summed E-state index contributed by atoms with van der Waals surface area (Å²) in [5, 5.41) is 2.90. The van der Waals surface area contributed by atoms with Crippen LogP contribution in [0.1, 0.15) is 39.5 Å². The van der Waals surface area contributed by atoms with Gasteiger partial charge in [-0.1, -0.05) is 13.3 Å². The molecule has 1 saturated heterocycles. The number of hydrogen-bond acceptors (Lipinski definition) is 3. The van der Waals surface area contributed by atoms with Gasteiger partial charge in [0.25, 0.3) is 5.91 Å². The first-order valence-electron chi connectivity index (χ1n) is 7.92. The second-order valence-corrected chi connectivity index (χ2v) is 5.69. The fourth-order valence-electron chi connectivity index (χ4n) is 2.61. The maximum Gasteiger partial charge on any atom is 0.258 e. The summed E-state index contributed by atoms with van der Waals surface area (Å²) >= 11 is 0. The van der Waals surface area contributed by atoms with Crippen molar-refractivity contribution in [3.8, 4) is 5.75 Å². The van der Waals surface area contributed by atoms with Gasteiger partial charge >= 0.3 is 0 Å². The van der Waals surface area contributed by atoms with Crippen LogP contribution in [0.5, 0.6) is 5.75 Å². The van der Waals surface area contributed by atoms with E-state index in [0.29, 0.717) is 12.2 Å². The van der Waals surface area contributed by atoms with Crippen molar-refractivity contribution in [2.45, 2.75) is 45.6 Å². The third kappa shape index (κ3) is 4.48. The molecule has 0 saturated carbocycles. The molecule has 1 heterocycles. The van der Waals surface area contributed by atoms with Crippen molar-refractivity contribution in [1.82, 2.24) is 5.32 Å². The average Bonchev–Trinajstić information content (AvgIpc) is 2.92. The van der Waals surface area contributed by atoms with Crippen molar-refractivity contribution in [3.63, 3.8) is 0 Å². The highest BCUT2D eigenvalue weighted by Crippen LogP contribution is 2.23. The van der Waals surface area contributed by atoms with Gasteiger partial charge in [0.15, 0.2) is 6.61 Å². The van der Waals surface area contributed by atoms with E-state index in [-0.39, 0.29) is 24.5 Å². The van der Waals surface area contributed by atoms with Crippen molar-refractivity contribution in [1.29, 1.82) is 0 Å². The summed E-state index contributed by atoms with van der Waals surface area (Å²) in [6, 6.07) is 7.48. The molecule has 1 aliphatic heterocycles. The monoisotopic (exact) mass is 304 g/mol. The highest BCUT2D eigenvalue weighted by atomic mass is 16.5. The maximum atomic E-state index is 11.7.